The number of rotatable bonds is 7. The van der Waals surface area contributed by atoms with E-state index >= 15 is 0 Å². The molecule has 3 aromatic carbocycles. The predicted molar refractivity (Wildman–Crippen MR) is 142 cm³/mol. The standard InChI is InChI=1S/C28H23N7O2/c1-37-21-14-12-19(13-15-21)23-22(16-29-28-30-17-31-33-28)32-26-24(18-8-4-2-5-9-18)25(34-35(26)27(23)36)20-10-6-3-7-11-20/h2-15,17,34H,16H2,1H3,(H2,29,30,31,33). The number of hydrogen-bond acceptors (Lipinski definition) is 6. The number of ether oxygens (including phenoxy) is 1. The molecule has 0 spiro atoms. The number of nitrogens with zero attached hydrogens (tertiary/aromatic N) is 4. The van der Waals surface area contributed by atoms with Crippen LogP contribution in [-0.2, 0) is 6.54 Å². The Labute approximate surface area is 211 Å². The van der Waals surface area contributed by atoms with E-state index in [4.69, 9.17) is 9.72 Å². The zero-order valence-electron chi connectivity index (χ0n) is 20.0. The molecule has 6 rings (SSSR count). The summed E-state index contributed by atoms with van der Waals surface area (Å²) in [7, 11) is 1.61. The van der Waals surface area contributed by atoms with E-state index in [-0.39, 0.29) is 12.1 Å². The van der Waals surface area contributed by atoms with Gasteiger partial charge in [0.1, 0.15) is 12.1 Å². The largest absolute Gasteiger partial charge is 0.497 e. The molecule has 37 heavy (non-hydrogen) atoms. The quantitative estimate of drug-likeness (QED) is 0.298. The summed E-state index contributed by atoms with van der Waals surface area (Å²) in [5, 5.41) is 13.2. The highest BCUT2D eigenvalue weighted by molar-refractivity contribution is 5.91. The molecule has 3 N–H and O–H groups in total. The van der Waals surface area contributed by atoms with Gasteiger partial charge in [-0.15, -0.1) is 0 Å². The van der Waals surface area contributed by atoms with Crippen LogP contribution < -0.4 is 15.6 Å². The molecule has 182 valence electrons. The molecule has 0 aliphatic carbocycles. The molecule has 0 saturated carbocycles. The molecular weight excluding hydrogens is 466 g/mol. The molecule has 3 aromatic heterocycles. The van der Waals surface area contributed by atoms with Crippen LogP contribution in [0.2, 0.25) is 0 Å². The predicted octanol–water partition coefficient (Wildman–Crippen LogP) is 4.76. The first-order valence-corrected chi connectivity index (χ1v) is 11.7. The number of aromatic nitrogens is 6. The van der Waals surface area contributed by atoms with Gasteiger partial charge in [0.15, 0.2) is 5.65 Å². The van der Waals surface area contributed by atoms with Crippen LogP contribution in [0.15, 0.2) is 96.1 Å². The third kappa shape index (κ3) is 4.12. The van der Waals surface area contributed by atoms with Crippen molar-refractivity contribution in [2.75, 3.05) is 12.4 Å². The summed E-state index contributed by atoms with van der Waals surface area (Å²) in [6.45, 7) is 0.266. The lowest BCUT2D eigenvalue weighted by Crippen LogP contribution is -2.21. The van der Waals surface area contributed by atoms with Crippen LogP contribution in [0.1, 0.15) is 5.69 Å². The first-order valence-electron chi connectivity index (χ1n) is 11.7. The van der Waals surface area contributed by atoms with Crippen molar-refractivity contribution < 1.29 is 4.74 Å². The molecule has 0 radical (unpaired) electrons. The van der Waals surface area contributed by atoms with E-state index < -0.39 is 0 Å². The number of anilines is 1. The number of aromatic amines is 2. The minimum atomic E-state index is -0.205. The Morgan fingerprint density at radius 2 is 1.54 bits per heavy atom. The molecule has 3 heterocycles. The molecular formula is C28H23N7O2. The molecule has 9 nitrogen and oxygen atoms in total. The van der Waals surface area contributed by atoms with Gasteiger partial charge in [0.05, 0.1) is 36.2 Å². The van der Waals surface area contributed by atoms with Crippen molar-refractivity contribution in [3.8, 4) is 39.3 Å². The highest BCUT2D eigenvalue weighted by Crippen LogP contribution is 2.35. The lowest BCUT2D eigenvalue weighted by Gasteiger charge is -2.11. The first kappa shape index (κ1) is 22.3. The topological polar surface area (TPSA) is 113 Å². The van der Waals surface area contributed by atoms with E-state index in [0.717, 1.165) is 27.9 Å². The third-order valence-electron chi connectivity index (χ3n) is 6.20. The molecule has 0 aliphatic rings. The summed E-state index contributed by atoms with van der Waals surface area (Å²) in [6, 6.07) is 27.3. The van der Waals surface area contributed by atoms with Gasteiger partial charge in [-0.2, -0.15) is 9.61 Å². The van der Waals surface area contributed by atoms with Crippen molar-refractivity contribution >= 4 is 11.6 Å². The van der Waals surface area contributed by atoms with E-state index in [2.05, 4.69) is 25.6 Å². The maximum absolute atomic E-state index is 14.1. The first-order chi connectivity index (χ1) is 18.2. The summed E-state index contributed by atoms with van der Waals surface area (Å²) in [5.74, 6) is 1.20. The molecule has 0 amide bonds. The summed E-state index contributed by atoms with van der Waals surface area (Å²) in [5.41, 5.74) is 5.72. The molecule has 0 bridgehead atoms. The maximum atomic E-state index is 14.1. The molecule has 6 aromatic rings. The highest BCUT2D eigenvalue weighted by Gasteiger charge is 2.22. The van der Waals surface area contributed by atoms with Gasteiger partial charge in [-0.1, -0.05) is 72.8 Å². The maximum Gasteiger partial charge on any atom is 0.280 e. The SMILES string of the molecule is COc1ccc(-c2c(CNc3ncn[nH]3)nc3c(-c4ccccc4)c(-c4ccccc4)[nH]n3c2=O)cc1. The third-order valence-corrected chi connectivity index (χ3v) is 6.20. The van der Waals surface area contributed by atoms with Gasteiger partial charge in [-0.25, -0.2) is 15.1 Å². The number of methoxy groups -OCH3 is 1. The summed E-state index contributed by atoms with van der Waals surface area (Å²) in [6.07, 6.45) is 1.42. The van der Waals surface area contributed by atoms with Gasteiger partial charge in [-0.3, -0.25) is 9.89 Å². The Kier molecular flexibility index (Phi) is 5.70. The van der Waals surface area contributed by atoms with Crippen molar-refractivity contribution in [3.63, 3.8) is 0 Å². The van der Waals surface area contributed by atoms with Gasteiger partial charge in [0.2, 0.25) is 5.95 Å². The number of H-pyrrole nitrogens is 2. The van der Waals surface area contributed by atoms with Crippen LogP contribution in [0.4, 0.5) is 5.95 Å². The van der Waals surface area contributed by atoms with E-state index in [1.807, 2.05) is 84.9 Å². The average molecular weight is 490 g/mol. The lowest BCUT2D eigenvalue weighted by atomic mass is 10.0. The number of fused-ring (bicyclic) bond motifs is 1. The Bertz CT molecular complexity index is 1710. The van der Waals surface area contributed by atoms with Gasteiger partial charge < -0.3 is 10.1 Å². The monoisotopic (exact) mass is 489 g/mol. The fourth-order valence-corrected chi connectivity index (χ4v) is 4.44. The molecule has 0 saturated heterocycles. The minimum absolute atomic E-state index is 0.205. The van der Waals surface area contributed by atoms with E-state index in [9.17, 15) is 4.79 Å². The number of nitrogens with one attached hydrogen (secondary N) is 3. The number of hydrogen-bond donors (Lipinski definition) is 3. The van der Waals surface area contributed by atoms with Crippen molar-refractivity contribution in [1.29, 1.82) is 0 Å². The average Bonchev–Trinajstić information content (AvgIpc) is 3.61. The van der Waals surface area contributed by atoms with Gasteiger partial charge in [0, 0.05) is 5.56 Å². The van der Waals surface area contributed by atoms with Gasteiger partial charge >= 0.3 is 0 Å². The smallest absolute Gasteiger partial charge is 0.280 e. The summed E-state index contributed by atoms with van der Waals surface area (Å²) >= 11 is 0. The van der Waals surface area contributed by atoms with Crippen molar-refractivity contribution in [2.45, 2.75) is 6.54 Å². The van der Waals surface area contributed by atoms with E-state index in [1.165, 1.54) is 10.8 Å². The van der Waals surface area contributed by atoms with Crippen LogP contribution in [0.3, 0.4) is 0 Å². The fraction of sp³-hybridized carbons (Fsp3) is 0.0714. The van der Waals surface area contributed by atoms with Crippen LogP contribution in [0.5, 0.6) is 5.75 Å². The van der Waals surface area contributed by atoms with Crippen molar-refractivity contribution in [1.82, 2.24) is 29.8 Å². The zero-order valence-corrected chi connectivity index (χ0v) is 20.0. The summed E-state index contributed by atoms with van der Waals surface area (Å²) in [4.78, 5) is 23.3. The Balaban J connectivity index is 1.62. The summed E-state index contributed by atoms with van der Waals surface area (Å²) < 4.78 is 6.84. The Morgan fingerprint density at radius 1 is 0.865 bits per heavy atom. The molecule has 9 heteroatoms. The fourth-order valence-electron chi connectivity index (χ4n) is 4.44. The van der Waals surface area contributed by atoms with Gasteiger partial charge in [0.25, 0.3) is 5.56 Å². The molecule has 0 fully saturated rings. The zero-order chi connectivity index (χ0) is 25.2. The highest BCUT2D eigenvalue weighted by atomic mass is 16.5. The van der Waals surface area contributed by atoms with Crippen LogP contribution in [-0.4, -0.2) is 36.9 Å². The van der Waals surface area contributed by atoms with Gasteiger partial charge in [-0.05, 0) is 23.3 Å². The lowest BCUT2D eigenvalue weighted by molar-refractivity contribution is 0.415. The Morgan fingerprint density at radius 3 is 2.19 bits per heavy atom. The van der Waals surface area contributed by atoms with Crippen LogP contribution in [0, 0.1) is 0 Å². The van der Waals surface area contributed by atoms with E-state index in [1.54, 1.807) is 7.11 Å². The van der Waals surface area contributed by atoms with Crippen LogP contribution >= 0.6 is 0 Å². The van der Waals surface area contributed by atoms with E-state index in [0.29, 0.717) is 28.6 Å². The molecule has 0 unspecified atom stereocenters. The van der Waals surface area contributed by atoms with Crippen LogP contribution in [0.25, 0.3) is 39.2 Å². The second-order valence-electron chi connectivity index (χ2n) is 8.41. The number of benzene rings is 3. The molecule has 0 aliphatic heterocycles. The molecule has 0 atom stereocenters. The minimum Gasteiger partial charge on any atom is -0.497 e. The second-order valence-corrected chi connectivity index (χ2v) is 8.41. The second kappa shape index (κ2) is 9.46. The van der Waals surface area contributed by atoms with Crippen molar-refractivity contribution in [3.05, 3.63) is 107 Å². The van der Waals surface area contributed by atoms with Crippen molar-refractivity contribution in [2.24, 2.45) is 0 Å². The normalized spacial score (nSPS) is 11.1. The Hall–Kier alpha value is -5.18.